The van der Waals surface area contributed by atoms with Crippen molar-refractivity contribution in [1.82, 2.24) is 0 Å². The Hall–Kier alpha value is -0.545. The summed E-state index contributed by atoms with van der Waals surface area (Å²) in [6.07, 6.45) is 4.85. The van der Waals surface area contributed by atoms with E-state index >= 15 is 0 Å². The number of hydrogen-bond donors (Lipinski definition) is 3. The van der Waals surface area contributed by atoms with Gasteiger partial charge in [-0.05, 0) is 18.7 Å². The third-order valence-electron chi connectivity index (χ3n) is 3.08. The molecule has 0 aliphatic heterocycles. The number of carbonyl (C=O) groups excluding carboxylic acids is 1. The van der Waals surface area contributed by atoms with Crippen molar-refractivity contribution in [1.29, 1.82) is 0 Å². The summed E-state index contributed by atoms with van der Waals surface area (Å²) in [5.74, 6) is -0.247. The topological polar surface area (TPSA) is 83.6 Å². The molecule has 0 aromatic heterocycles. The van der Waals surface area contributed by atoms with Gasteiger partial charge in [0.2, 0.25) is 5.91 Å². The normalized spacial score (nSPS) is 29.0. The molecule has 80 valence electrons. The van der Waals surface area contributed by atoms with Gasteiger partial charge in [-0.3, -0.25) is 4.79 Å². The van der Waals surface area contributed by atoms with Crippen LogP contribution in [0.4, 0.5) is 0 Å². The van der Waals surface area contributed by atoms with Gasteiger partial charge in [0, 0.05) is 5.92 Å². The lowest BCUT2D eigenvalue weighted by Gasteiger charge is -2.22. The first kappa shape index (κ1) is 11.5. The van der Waals surface area contributed by atoms with Gasteiger partial charge < -0.3 is 15.8 Å². The molecule has 0 bridgehead atoms. The van der Waals surface area contributed by atoms with Crippen molar-refractivity contribution in [2.24, 2.45) is 11.7 Å². The second kappa shape index (κ2) is 5.36. The maximum atomic E-state index is 11.0. The largest absolute Gasteiger partial charge is 0.454 e. The molecule has 0 heterocycles. The molecule has 0 spiro atoms. The molecule has 14 heavy (non-hydrogen) atoms. The minimum Gasteiger partial charge on any atom is -0.427 e. The highest BCUT2D eigenvalue weighted by atomic mass is 16.4. The minimum absolute atomic E-state index is 0.00761. The van der Waals surface area contributed by atoms with Gasteiger partial charge in [0.15, 0.2) is 0 Å². The predicted molar refractivity (Wildman–Crippen MR) is 54.3 cm³/mol. The molecular weight excluding hydrogens is 181 g/mol. The Kier molecular flexibility index (Phi) is 4.42. The summed E-state index contributed by atoms with van der Waals surface area (Å²) in [5.41, 5.74) is 5.24. The van der Waals surface area contributed by atoms with Gasteiger partial charge in [-0.2, -0.15) is 0 Å². The van der Waals surface area contributed by atoms with E-state index in [1.54, 1.807) is 0 Å². The number of nitrogens with two attached hydrogens (primary N) is 1. The zero-order chi connectivity index (χ0) is 10.6. The Morgan fingerprint density at radius 3 is 2.00 bits per heavy atom. The summed E-state index contributed by atoms with van der Waals surface area (Å²) in [6.45, 7) is 0. The summed E-state index contributed by atoms with van der Waals surface area (Å²) in [7, 11) is -1.21. The van der Waals surface area contributed by atoms with Crippen LogP contribution in [-0.4, -0.2) is 23.1 Å². The monoisotopic (exact) mass is 199 g/mol. The van der Waals surface area contributed by atoms with Crippen LogP contribution in [0.1, 0.15) is 38.5 Å². The highest BCUT2D eigenvalue weighted by molar-refractivity contribution is 6.43. The van der Waals surface area contributed by atoms with E-state index in [2.05, 4.69) is 0 Å². The zero-order valence-corrected chi connectivity index (χ0v) is 8.35. The summed E-state index contributed by atoms with van der Waals surface area (Å²) in [4.78, 5) is 11.0. The molecule has 0 unspecified atom stereocenters. The van der Waals surface area contributed by atoms with Gasteiger partial charge in [0.05, 0.1) is 0 Å². The smallest absolute Gasteiger partial charge is 0.427 e. The Bertz CT molecular complexity index is 188. The molecule has 0 aromatic rings. The molecule has 1 aliphatic carbocycles. The lowest BCUT2D eigenvalue weighted by molar-refractivity contribution is -0.122. The van der Waals surface area contributed by atoms with Crippen LogP contribution in [0.15, 0.2) is 0 Å². The van der Waals surface area contributed by atoms with Crippen LogP contribution < -0.4 is 5.73 Å². The molecule has 1 fully saturated rings. The molecular formula is C9H18BNO3. The second-order valence-electron chi connectivity index (χ2n) is 4.13. The minimum atomic E-state index is -1.21. The molecule has 5 heteroatoms. The van der Waals surface area contributed by atoms with E-state index in [9.17, 15) is 4.79 Å². The van der Waals surface area contributed by atoms with Crippen molar-refractivity contribution < 1.29 is 14.8 Å². The fourth-order valence-electron chi connectivity index (χ4n) is 2.12. The lowest BCUT2D eigenvalue weighted by Crippen LogP contribution is -2.26. The fourth-order valence-corrected chi connectivity index (χ4v) is 2.12. The Balaban J connectivity index is 2.39. The van der Waals surface area contributed by atoms with Crippen molar-refractivity contribution in [3.05, 3.63) is 0 Å². The van der Waals surface area contributed by atoms with Gasteiger partial charge in [0.1, 0.15) is 0 Å². The summed E-state index contributed by atoms with van der Waals surface area (Å²) in [6, 6.07) is 0. The molecule has 1 amide bonds. The zero-order valence-electron chi connectivity index (χ0n) is 8.35. The van der Waals surface area contributed by atoms with Gasteiger partial charge >= 0.3 is 7.12 Å². The van der Waals surface area contributed by atoms with Gasteiger partial charge in [-0.25, -0.2) is 0 Å². The SMILES string of the molecule is NC(=O)C1CCCC(B(O)O)CCC1. The van der Waals surface area contributed by atoms with Gasteiger partial charge in [-0.1, -0.05) is 25.7 Å². The van der Waals surface area contributed by atoms with E-state index in [0.717, 1.165) is 38.5 Å². The molecule has 1 rings (SSSR count). The molecule has 0 atom stereocenters. The van der Waals surface area contributed by atoms with E-state index < -0.39 is 7.12 Å². The fraction of sp³-hybridized carbons (Fsp3) is 0.889. The van der Waals surface area contributed by atoms with Crippen LogP contribution in [0.5, 0.6) is 0 Å². The van der Waals surface area contributed by atoms with E-state index in [0.29, 0.717) is 0 Å². The number of hydrogen-bond acceptors (Lipinski definition) is 3. The molecule has 0 radical (unpaired) electrons. The van der Waals surface area contributed by atoms with Crippen LogP contribution in [0.3, 0.4) is 0 Å². The number of carbonyl (C=O) groups is 1. The average Bonchev–Trinajstić information content (AvgIpc) is 2.01. The van der Waals surface area contributed by atoms with Crippen molar-refractivity contribution in [3.8, 4) is 0 Å². The van der Waals surface area contributed by atoms with Crippen LogP contribution >= 0.6 is 0 Å². The van der Waals surface area contributed by atoms with Gasteiger partial charge in [0.25, 0.3) is 0 Å². The average molecular weight is 199 g/mol. The molecule has 1 saturated carbocycles. The van der Waals surface area contributed by atoms with E-state index in [1.165, 1.54) is 0 Å². The third-order valence-corrected chi connectivity index (χ3v) is 3.08. The summed E-state index contributed by atoms with van der Waals surface area (Å²) < 4.78 is 0. The van der Waals surface area contributed by atoms with Crippen molar-refractivity contribution in [2.75, 3.05) is 0 Å². The van der Waals surface area contributed by atoms with Crippen molar-refractivity contribution >= 4 is 13.0 Å². The van der Waals surface area contributed by atoms with E-state index in [1.807, 2.05) is 0 Å². The van der Waals surface area contributed by atoms with Gasteiger partial charge in [-0.15, -0.1) is 0 Å². The molecule has 0 saturated heterocycles. The summed E-state index contributed by atoms with van der Waals surface area (Å²) in [5, 5.41) is 18.1. The third kappa shape index (κ3) is 3.31. The quantitative estimate of drug-likeness (QED) is 0.558. The lowest BCUT2D eigenvalue weighted by atomic mass is 9.66. The Morgan fingerprint density at radius 1 is 1.14 bits per heavy atom. The molecule has 4 N–H and O–H groups in total. The highest BCUT2D eigenvalue weighted by Crippen LogP contribution is 2.30. The second-order valence-corrected chi connectivity index (χ2v) is 4.13. The summed E-state index contributed by atoms with van der Waals surface area (Å²) >= 11 is 0. The van der Waals surface area contributed by atoms with Crippen molar-refractivity contribution in [2.45, 2.75) is 44.3 Å². The van der Waals surface area contributed by atoms with Crippen LogP contribution in [-0.2, 0) is 4.79 Å². The Labute approximate surface area is 84.6 Å². The molecule has 0 aromatic carbocycles. The first-order chi connectivity index (χ1) is 6.61. The molecule has 1 aliphatic rings. The van der Waals surface area contributed by atoms with Crippen LogP contribution in [0, 0.1) is 5.92 Å². The number of primary amides is 1. The van der Waals surface area contributed by atoms with E-state index in [-0.39, 0.29) is 17.6 Å². The number of amides is 1. The maximum absolute atomic E-state index is 11.0. The first-order valence-electron chi connectivity index (χ1n) is 5.26. The molecule has 4 nitrogen and oxygen atoms in total. The van der Waals surface area contributed by atoms with E-state index in [4.69, 9.17) is 15.8 Å². The predicted octanol–water partition coefficient (Wildman–Crippen LogP) is 0.285. The number of rotatable bonds is 2. The first-order valence-corrected chi connectivity index (χ1v) is 5.26. The standard InChI is InChI=1S/C9H18BNO3/c11-9(12)7-3-1-5-8(10(13)14)6-2-4-7/h7-8,13-14H,1-6H2,(H2,11,12). The van der Waals surface area contributed by atoms with Crippen LogP contribution in [0.2, 0.25) is 5.82 Å². The van der Waals surface area contributed by atoms with Crippen molar-refractivity contribution in [3.63, 3.8) is 0 Å². The highest BCUT2D eigenvalue weighted by Gasteiger charge is 2.26. The Morgan fingerprint density at radius 2 is 1.64 bits per heavy atom. The maximum Gasteiger partial charge on any atom is 0.454 e. The van der Waals surface area contributed by atoms with Crippen LogP contribution in [0.25, 0.3) is 0 Å².